The highest BCUT2D eigenvalue weighted by atomic mass is 35.5. The second kappa shape index (κ2) is 13.1. The van der Waals surface area contributed by atoms with Crippen molar-refractivity contribution in [3.63, 3.8) is 0 Å². The van der Waals surface area contributed by atoms with Crippen LogP contribution in [0.25, 0.3) is 11.1 Å². The van der Waals surface area contributed by atoms with E-state index in [1.165, 1.54) is 12.1 Å². The van der Waals surface area contributed by atoms with Gasteiger partial charge in [0.2, 0.25) is 0 Å². The maximum Gasteiger partial charge on any atom is 0.258 e. The number of nitrogens with one attached hydrogen (secondary N) is 2. The van der Waals surface area contributed by atoms with Gasteiger partial charge in [0.25, 0.3) is 5.91 Å². The summed E-state index contributed by atoms with van der Waals surface area (Å²) < 4.78 is 19.2. The lowest BCUT2D eigenvalue weighted by Crippen LogP contribution is -2.29. The zero-order valence-corrected chi connectivity index (χ0v) is 20.4. The molecular weight excluding hydrogens is 453 g/mol. The molecule has 0 atom stereocenters. The van der Waals surface area contributed by atoms with E-state index in [4.69, 9.17) is 16.3 Å². The maximum atomic E-state index is 13.3. The Morgan fingerprint density at radius 3 is 2.41 bits per heavy atom. The van der Waals surface area contributed by atoms with E-state index in [1.807, 2.05) is 30.3 Å². The molecule has 0 aromatic heterocycles. The monoisotopic (exact) mass is 483 g/mol. The van der Waals surface area contributed by atoms with Gasteiger partial charge in [-0.2, -0.15) is 0 Å². The lowest BCUT2D eigenvalue weighted by molar-refractivity contribution is -0.123. The molecule has 0 aliphatic rings. The summed E-state index contributed by atoms with van der Waals surface area (Å²) in [7, 11) is 2.08. The molecule has 0 spiro atoms. The highest BCUT2D eigenvalue weighted by molar-refractivity contribution is 6.30. The van der Waals surface area contributed by atoms with Crippen LogP contribution in [0.4, 0.5) is 4.39 Å². The molecule has 0 bridgehead atoms. The van der Waals surface area contributed by atoms with E-state index in [0.29, 0.717) is 23.9 Å². The van der Waals surface area contributed by atoms with Crippen molar-refractivity contribution in [2.75, 3.05) is 33.3 Å². The predicted molar refractivity (Wildman–Crippen MR) is 136 cm³/mol. The first-order valence-corrected chi connectivity index (χ1v) is 11.7. The van der Waals surface area contributed by atoms with Gasteiger partial charge in [0.05, 0.1) is 0 Å². The minimum absolute atomic E-state index is 0.0882. The van der Waals surface area contributed by atoms with Gasteiger partial charge in [-0.1, -0.05) is 48.9 Å². The molecule has 3 rings (SSSR count). The third-order valence-corrected chi connectivity index (χ3v) is 5.78. The normalized spacial score (nSPS) is 11.0. The molecule has 0 saturated carbocycles. The Bertz CT molecular complexity index is 1060. The summed E-state index contributed by atoms with van der Waals surface area (Å²) in [5, 5.41) is 6.96. The number of carbonyl (C=O) groups is 1. The minimum Gasteiger partial charge on any atom is -0.483 e. The van der Waals surface area contributed by atoms with Gasteiger partial charge >= 0.3 is 0 Å². The second-order valence-corrected chi connectivity index (χ2v) is 8.53. The van der Waals surface area contributed by atoms with Crippen LogP contribution >= 0.6 is 11.6 Å². The zero-order chi connectivity index (χ0) is 24.3. The Hall–Kier alpha value is -2.93. The van der Waals surface area contributed by atoms with Gasteiger partial charge in [-0.15, -0.1) is 0 Å². The molecule has 5 nitrogen and oxygen atoms in total. The molecule has 0 aliphatic carbocycles. The first kappa shape index (κ1) is 25.7. The van der Waals surface area contributed by atoms with Crippen molar-refractivity contribution in [2.24, 2.45) is 0 Å². The van der Waals surface area contributed by atoms with E-state index in [-0.39, 0.29) is 18.3 Å². The summed E-state index contributed by atoms with van der Waals surface area (Å²) in [5.41, 5.74) is 3.78. The molecule has 0 saturated heterocycles. The zero-order valence-electron chi connectivity index (χ0n) is 19.6. The SMILES string of the molecule is CCN(C)CCNCc1cc(-c2ccc(F)cc2)ccc1OCC(=O)NCc1ccc(Cl)cc1. The fourth-order valence-corrected chi connectivity index (χ4v) is 3.45. The Kier molecular flexibility index (Phi) is 9.89. The number of likely N-dealkylation sites (N-methyl/N-ethyl adjacent to an activating group) is 1. The number of hydrogen-bond donors (Lipinski definition) is 2. The number of rotatable bonds is 12. The van der Waals surface area contributed by atoms with Crippen LogP contribution in [0.3, 0.4) is 0 Å². The summed E-state index contributed by atoms with van der Waals surface area (Å²) >= 11 is 5.90. The van der Waals surface area contributed by atoms with Crippen molar-refractivity contribution in [3.8, 4) is 16.9 Å². The molecule has 0 fully saturated rings. The van der Waals surface area contributed by atoms with Gasteiger partial charge in [-0.05, 0) is 66.7 Å². The van der Waals surface area contributed by atoms with Gasteiger partial charge in [-0.25, -0.2) is 4.39 Å². The van der Waals surface area contributed by atoms with Crippen LogP contribution < -0.4 is 15.4 Å². The Morgan fingerprint density at radius 1 is 1.00 bits per heavy atom. The van der Waals surface area contributed by atoms with Crippen LogP contribution in [0.2, 0.25) is 5.02 Å². The van der Waals surface area contributed by atoms with E-state index in [0.717, 1.165) is 41.9 Å². The molecule has 2 N–H and O–H groups in total. The first-order chi connectivity index (χ1) is 16.4. The first-order valence-electron chi connectivity index (χ1n) is 11.4. The predicted octanol–water partition coefficient (Wildman–Crippen LogP) is 4.88. The number of halogens is 2. The van der Waals surface area contributed by atoms with Gasteiger partial charge in [0, 0.05) is 36.8 Å². The van der Waals surface area contributed by atoms with Crippen LogP contribution in [-0.2, 0) is 17.9 Å². The lowest BCUT2D eigenvalue weighted by Gasteiger charge is -2.16. The number of amides is 1. The molecule has 1 amide bonds. The van der Waals surface area contributed by atoms with Crippen LogP contribution in [0.15, 0.2) is 66.7 Å². The number of hydrogen-bond acceptors (Lipinski definition) is 4. The number of carbonyl (C=O) groups excluding carboxylic acids is 1. The highest BCUT2D eigenvalue weighted by Crippen LogP contribution is 2.27. The third kappa shape index (κ3) is 8.13. The molecule has 3 aromatic carbocycles. The van der Waals surface area contributed by atoms with E-state index >= 15 is 0 Å². The molecule has 0 unspecified atom stereocenters. The molecule has 0 heterocycles. The quantitative estimate of drug-likeness (QED) is 0.360. The number of nitrogens with zero attached hydrogens (tertiary/aromatic N) is 1. The summed E-state index contributed by atoms with van der Waals surface area (Å²) in [4.78, 5) is 14.6. The summed E-state index contributed by atoms with van der Waals surface area (Å²) in [6.07, 6.45) is 0. The maximum absolute atomic E-state index is 13.3. The van der Waals surface area contributed by atoms with Gasteiger partial charge < -0.3 is 20.3 Å². The minimum atomic E-state index is -0.268. The van der Waals surface area contributed by atoms with Crippen molar-refractivity contribution in [1.82, 2.24) is 15.5 Å². The van der Waals surface area contributed by atoms with E-state index in [1.54, 1.807) is 24.3 Å². The molecule has 0 radical (unpaired) electrons. The largest absolute Gasteiger partial charge is 0.483 e. The van der Waals surface area contributed by atoms with Crippen LogP contribution in [0.1, 0.15) is 18.1 Å². The van der Waals surface area contributed by atoms with Crippen molar-refractivity contribution in [3.05, 3.63) is 88.7 Å². The van der Waals surface area contributed by atoms with Crippen molar-refractivity contribution in [1.29, 1.82) is 0 Å². The fraction of sp³-hybridized carbons (Fsp3) is 0.296. The summed E-state index contributed by atoms with van der Waals surface area (Å²) in [5.74, 6) is 0.167. The topological polar surface area (TPSA) is 53.6 Å². The van der Waals surface area contributed by atoms with Crippen molar-refractivity contribution in [2.45, 2.75) is 20.0 Å². The molecule has 0 aliphatic heterocycles. The van der Waals surface area contributed by atoms with Gasteiger partial charge in [-0.3, -0.25) is 4.79 Å². The molecule has 3 aromatic rings. The summed E-state index contributed by atoms with van der Waals surface area (Å²) in [6, 6.07) is 19.5. The standard InChI is InChI=1S/C27H31ClFN3O2/c1-3-32(2)15-14-30-18-23-16-22(21-6-11-25(29)12-7-21)8-13-26(23)34-19-27(33)31-17-20-4-9-24(28)10-5-20/h4-13,16,30H,3,14-15,17-19H2,1-2H3,(H,31,33). The smallest absolute Gasteiger partial charge is 0.258 e. The van der Waals surface area contributed by atoms with Gasteiger partial charge in [0.1, 0.15) is 11.6 Å². The molecule has 180 valence electrons. The van der Waals surface area contributed by atoms with E-state index in [2.05, 4.69) is 29.5 Å². The van der Waals surface area contributed by atoms with E-state index < -0.39 is 0 Å². The average molecular weight is 484 g/mol. The molecular formula is C27H31ClFN3O2. The Morgan fingerprint density at radius 2 is 1.71 bits per heavy atom. The van der Waals surface area contributed by atoms with Crippen molar-refractivity contribution >= 4 is 17.5 Å². The van der Waals surface area contributed by atoms with Gasteiger partial charge in [0.15, 0.2) is 6.61 Å². The summed E-state index contributed by atoms with van der Waals surface area (Å²) in [6.45, 7) is 5.77. The Labute approximate surface area is 205 Å². The number of ether oxygens (including phenoxy) is 1. The molecule has 34 heavy (non-hydrogen) atoms. The number of benzene rings is 3. The third-order valence-electron chi connectivity index (χ3n) is 5.53. The van der Waals surface area contributed by atoms with E-state index in [9.17, 15) is 9.18 Å². The second-order valence-electron chi connectivity index (χ2n) is 8.09. The van der Waals surface area contributed by atoms with Crippen LogP contribution in [0.5, 0.6) is 5.75 Å². The highest BCUT2D eigenvalue weighted by Gasteiger charge is 2.10. The molecule has 7 heteroatoms. The Balaban J connectivity index is 1.64. The van der Waals surface area contributed by atoms with Crippen molar-refractivity contribution < 1.29 is 13.9 Å². The van der Waals surface area contributed by atoms with Crippen LogP contribution in [-0.4, -0.2) is 44.1 Å². The fourth-order valence-electron chi connectivity index (χ4n) is 3.33. The average Bonchev–Trinajstić information content (AvgIpc) is 2.85. The lowest BCUT2D eigenvalue weighted by atomic mass is 10.0. The van der Waals surface area contributed by atoms with Crippen LogP contribution in [0, 0.1) is 5.82 Å².